The van der Waals surface area contributed by atoms with E-state index in [4.69, 9.17) is 5.11 Å². The van der Waals surface area contributed by atoms with Crippen LogP contribution in [-0.4, -0.2) is 35.2 Å². The third-order valence-electron chi connectivity index (χ3n) is 3.42. The molecule has 6 heteroatoms. The molecule has 1 saturated carbocycles. The van der Waals surface area contributed by atoms with Gasteiger partial charge in [-0.2, -0.15) is 8.78 Å². The number of alkyl halides is 2. The zero-order chi connectivity index (χ0) is 14.7. The highest BCUT2D eigenvalue weighted by Gasteiger charge is 2.35. The van der Waals surface area contributed by atoms with Gasteiger partial charge >= 0.3 is 12.6 Å². The number of carbonyl (C=O) groups is 1. The second kappa shape index (κ2) is 6.17. The van der Waals surface area contributed by atoms with Gasteiger partial charge in [-0.3, -0.25) is 9.69 Å². The molecule has 1 unspecified atom stereocenters. The van der Waals surface area contributed by atoms with Crippen molar-refractivity contribution in [2.75, 3.05) is 6.54 Å². The molecule has 0 bridgehead atoms. The molecule has 1 fully saturated rings. The number of hydrogen-bond acceptors (Lipinski definition) is 3. The number of benzene rings is 1. The summed E-state index contributed by atoms with van der Waals surface area (Å²) in [6.07, 6.45) is 1.88. The monoisotopic (exact) mass is 285 g/mol. The van der Waals surface area contributed by atoms with E-state index in [1.165, 1.54) is 6.07 Å². The van der Waals surface area contributed by atoms with E-state index >= 15 is 0 Å². The van der Waals surface area contributed by atoms with E-state index in [1.807, 2.05) is 11.8 Å². The van der Waals surface area contributed by atoms with E-state index in [9.17, 15) is 13.6 Å². The Hall–Kier alpha value is -1.69. The van der Waals surface area contributed by atoms with Gasteiger partial charge in [-0.1, -0.05) is 18.2 Å². The maximum atomic E-state index is 12.4. The first-order valence-corrected chi connectivity index (χ1v) is 6.50. The Morgan fingerprint density at radius 1 is 1.45 bits per heavy atom. The molecule has 0 spiro atoms. The highest BCUT2D eigenvalue weighted by molar-refractivity contribution is 5.69. The van der Waals surface area contributed by atoms with Gasteiger partial charge in [-0.05, 0) is 25.8 Å². The third-order valence-corrected chi connectivity index (χ3v) is 3.42. The van der Waals surface area contributed by atoms with Gasteiger partial charge in [0.15, 0.2) is 0 Å². The fourth-order valence-electron chi connectivity index (χ4n) is 2.35. The first-order chi connectivity index (χ1) is 9.49. The molecule has 1 aliphatic rings. The summed E-state index contributed by atoms with van der Waals surface area (Å²) < 4.78 is 29.3. The fourth-order valence-corrected chi connectivity index (χ4v) is 2.35. The van der Waals surface area contributed by atoms with Gasteiger partial charge in [0.25, 0.3) is 0 Å². The minimum atomic E-state index is -2.89. The summed E-state index contributed by atoms with van der Waals surface area (Å²) in [6.45, 7) is -1.18. The maximum absolute atomic E-state index is 12.4. The molecular weight excluding hydrogens is 268 g/mol. The lowest BCUT2D eigenvalue weighted by molar-refractivity contribution is -0.139. The number of para-hydroxylation sites is 1. The Kier molecular flexibility index (Phi) is 4.54. The van der Waals surface area contributed by atoms with Crippen molar-refractivity contribution < 1.29 is 23.4 Å². The second-order valence-corrected chi connectivity index (χ2v) is 4.89. The van der Waals surface area contributed by atoms with Crippen LogP contribution in [0.1, 0.15) is 31.4 Å². The van der Waals surface area contributed by atoms with Crippen LogP contribution in [0, 0.1) is 0 Å². The summed E-state index contributed by atoms with van der Waals surface area (Å²) in [6, 6.07) is 6.45. The molecule has 0 aliphatic heterocycles. The van der Waals surface area contributed by atoms with Crippen molar-refractivity contribution in [1.82, 2.24) is 4.90 Å². The maximum Gasteiger partial charge on any atom is 0.387 e. The van der Waals surface area contributed by atoms with Gasteiger partial charge in [0.1, 0.15) is 5.75 Å². The van der Waals surface area contributed by atoms with Gasteiger partial charge in [-0.25, -0.2) is 0 Å². The smallest absolute Gasteiger partial charge is 0.387 e. The van der Waals surface area contributed by atoms with Crippen LogP contribution in [0.4, 0.5) is 8.78 Å². The second-order valence-electron chi connectivity index (χ2n) is 4.89. The van der Waals surface area contributed by atoms with E-state index in [0.717, 1.165) is 12.8 Å². The molecule has 0 radical (unpaired) electrons. The third kappa shape index (κ3) is 3.66. The summed E-state index contributed by atoms with van der Waals surface area (Å²) in [4.78, 5) is 12.8. The van der Waals surface area contributed by atoms with E-state index in [0.29, 0.717) is 5.56 Å². The van der Waals surface area contributed by atoms with E-state index in [-0.39, 0.29) is 24.4 Å². The number of nitrogens with zero attached hydrogens (tertiary/aromatic N) is 1. The predicted octanol–water partition coefficient (Wildman–Crippen LogP) is 2.90. The molecule has 20 heavy (non-hydrogen) atoms. The van der Waals surface area contributed by atoms with E-state index in [1.54, 1.807) is 18.2 Å². The van der Waals surface area contributed by atoms with Crippen molar-refractivity contribution in [3.63, 3.8) is 0 Å². The van der Waals surface area contributed by atoms with Gasteiger partial charge in [0.05, 0.1) is 6.54 Å². The Bertz CT molecular complexity index is 477. The fraction of sp³-hybridized carbons (Fsp3) is 0.500. The summed E-state index contributed by atoms with van der Waals surface area (Å²) in [7, 11) is 0. The van der Waals surface area contributed by atoms with Gasteiger partial charge in [0.2, 0.25) is 0 Å². The molecule has 1 aromatic rings. The number of aliphatic carboxylic acids is 1. The summed E-state index contributed by atoms with van der Waals surface area (Å²) in [5.41, 5.74) is 0.584. The highest BCUT2D eigenvalue weighted by Crippen LogP contribution is 2.37. The Labute approximate surface area is 116 Å². The SMILES string of the molecule is CC(c1ccccc1OC(F)F)N(CC(=O)O)C1CC1. The molecule has 0 saturated heterocycles. The Balaban J connectivity index is 2.21. The lowest BCUT2D eigenvalue weighted by Crippen LogP contribution is -2.34. The average Bonchev–Trinajstić information content (AvgIpc) is 3.19. The van der Waals surface area contributed by atoms with Crippen LogP contribution in [0.15, 0.2) is 24.3 Å². The number of halogens is 2. The standard InChI is InChI=1S/C14H17F2NO3/c1-9(17(8-13(18)19)10-6-7-10)11-4-2-3-5-12(11)20-14(15)16/h2-5,9-10,14H,6-8H2,1H3,(H,18,19). The quantitative estimate of drug-likeness (QED) is 0.837. The zero-order valence-electron chi connectivity index (χ0n) is 11.1. The first-order valence-electron chi connectivity index (χ1n) is 6.50. The lowest BCUT2D eigenvalue weighted by Gasteiger charge is -2.29. The normalized spacial score (nSPS) is 16.4. The Morgan fingerprint density at radius 3 is 2.65 bits per heavy atom. The number of carboxylic acids is 1. The average molecular weight is 285 g/mol. The molecule has 1 aromatic carbocycles. The van der Waals surface area contributed by atoms with Crippen molar-refractivity contribution in [2.24, 2.45) is 0 Å². The van der Waals surface area contributed by atoms with Crippen molar-refractivity contribution in [3.8, 4) is 5.75 Å². The molecule has 4 nitrogen and oxygen atoms in total. The minimum absolute atomic E-state index is 0.102. The van der Waals surface area contributed by atoms with E-state index < -0.39 is 12.6 Å². The largest absolute Gasteiger partial charge is 0.480 e. The highest BCUT2D eigenvalue weighted by atomic mass is 19.3. The molecule has 1 aliphatic carbocycles. The molecule has 1 N–H and O–H groups in total. The topological polar surface area (TPSA) is 49.8 Å². The van der Waals surface area contributed by atoms with Crippen molar-refractivity contribution >= 4 is 5.97 Å². The van der Waals surface area contributed by atoms with Crippen LogP contribution < -0.4 is 4.74 Å². The van der Waals surface area contributed by atoms with Crippen LogP contribution in [0.2, 0.25) is 0 Å². The van der Waals surface area contributed by atoms with Crippen LogP contribution in [0.5, 0.6) is 5.75 Å². The lowest BCUT2D eigenvalue weighted by atomic mass is 10.1. The van der Waals surface area contributed by atoms with Gasteiger partial charge in [0, 0.05) is 17.6 Å². The van der Waals surface area contributed by atoms with Crippen molar-refractivity contribution in [1.29, 1.82) is 0 Å². The molecule has 110 valence electrons. The minimum Gasteiger partial charge on any atom is -0.480 e. The molecule has 0 amide bonds. The summed E-state index contributed by atoms with van der Waals surface area (Å²) >= 11 is 0. The van der Waals surface area contributed by atoms with Crippen LogP contribution in [-0.2, 0) is 4.79 Å². The molecule has 1 atom stereocenters. The predicted molar refractivity (Wildman–Crippen MR) is 68.9 cm³/mol. The molecule has 0 aromatic heterocycles. The van der Waals surface area contributed by atoms with Crippen LogP contribution in [0.25, 0.3) is 0 Å². The Morgan fingerprint density at radius 2 is 2.10 bits per heavy atom. The van der Waals surface area contributed by atoms with Gasteiger partial charge in [-0.15, -0.1) is 0 Å². The zero-order valence-corrected chi connectivity index (χ0v) is 11.1. The number of ether oxygens (including phenoxy) is 1. The summed E-state index contributed by atoms with van der Waals surface area (Å²) in [5.74, 6) is -0.818. The summed E-state index contributed by atoms with van der Waals surface area (Å²) in [5, 5.41) is 8.98. The van der Waals surface area contributed by atoms with E-state index in [2.05, 4.69) is 4.74 Å². The number of carboxylic acid groups (broad SMARTS) is 1. The molecule has 2 rings (SSSR count). The van der Waals surface area contributed by atoms with Crippen LogP contribution >= 0.6 is 0 Å². The number of hydrogen-bond donors (Lipinski definition) is 1. The van der Waals surface area contributed by atoms with Crippen molar-refractivity contribution in [2.45, 2.75) is 38.5 Å². The van der Waals surface area contributed by atoms with Crippen molar-refractivity contribution in [3.05, 3.63) is 29.8 Å². The molecular formula is C14H17F2NO3. The number of rotatable bonds is 7. The van der Waals surface area contributed by atoms with Crippen LogP contribution in [0.3, 0.4) is 0 Å². The first kappa shape index (κ1) is 14.7. The van der Waals surface area contributed by atoms with Gasteiger partial charge < -0.3 is 9.84 Å². The molecule has 0 heterocycles.